The highest BCUT2D eigenvalue weighted by atomic mass is 16.1. The molecule has 0 aliphatic rings. The third-order valence-electron chi connectivity index (χ3n) is 2.52. The van der Waals surface area contributed by atoms with Gasteiger partial charge >= 0.3 is 5.69 Å². The van der Waals surface area contributed by atoms with Gasteiger partial charge < -0.3 is 4.90 Å². The van der Waals surface area contributed by atoms with Gasteiger partial charge in [-0.15, -0.1) is 0 Å². The third kappa shape index (κ3) is 1.76. The normalized spacial score (nSPS) is 10.7. The van der Waals surface area contributed by atoms with Gasteiger partial charge in [0.2, 0.25) is 5.95 Å². The molecule has 5 nitrogen and oxygen atoms in total. The van der Waals surface area contributed by atoms with Crippen molar-refractivity contribution >= 4 is 11.6 Å². The number of pyridine rings is 1. The van der Waals surface area contributed by atoms with Gasteiger partial charge in [0.05, 0.1) is 0 Å². The number of fused-ring (bicyclic) bond motifs is 1. The molecule has 0 radical (unpaired) electrons. The topological polar surface area (TPSA) is 50.5 Å². The van der Waals surface area contributed by atoms with Crippen LogP contribution in [0.5, 0.6) is 0 Å². The summed E-state index contributed by atoms with van der Waals surface area (Å²) in [5.74, 6) is 0.470. The lowest BCUT2D eigenvalue weighted by Gasteiger charge is -2.13. The van der Waals surface area contributed by atoms with Crippen molar-refractivity contribution in [3.63, 3.8) is 0 Å². The number of hydrogen-bond acceptors (Lipinski definition) is 4. The smallest absolute Gasteiger partial charge is 0.344 e. The van der Waals surface area contributed by atoms with E-state index in [-0.39, 0.29) is 5.69 Å². The highest BCUT2D eigenvalue weighted by Gasteiger charge is 2.06. The zero-order chi connectivity index (χ0) is 11.7. The second kappa shape index (κ2) is 3.92. The zero-order valence-corrected chi connectivity index (χ0v) is 9.64. The SMILES string of the molecule is CCN(C)c1nc(=O)n2ccc(C)cc2n1. The first-order chi connectivity index (χ1) is 7.61. The maximum Gasteiger partial charge on any atom is 0.356 e. The molecule has 0 bridgehead atoms. The van der Waals surface area contributed by atoms with Crippen LogP contribution in [-0.2, 0) is 0 Å². The Morgan fingerprint density at radius 1 is 1.44 bits per heavy atom. The van der Waals surface area contributed by atoms with Crippen molar-refractivity contribution < 1.29 is 0 Å². The average molecular weight is 218 g/mol. The molecule has 2 rings (SSSR count). The number of nitrogens with zero attached hydrogens (tertiary/aromatic N) is 4. The van der Waals surface area contributed by atoms with Crippen molar-refractivity contribution in [3.05, 3.63) is 34.4 Å². The Hall–Kier alpha value is -1.91. The van der Waals surface area contributed by atoms with Crippen LogP contribution in [-0.4, -0.2) is 28.0 Å². The molecule has 2 aromatic rings. The predicted molar refractivity (Wildman–Crippen MR) is 62.9 cm³/mol. The van der Waals surface area contributed by atoms with Gasteiger partial charge in [-0.25, -0.2) is 4.79 Å². The van der Waals surface area contributed by atoms with E-state index in [2.05, 4.69) is 9.97 Å². The van der Waals surface area contributed by atoms with E-state index >= 15 is 0 Å². The molecule has 84 valence electrons. The highest BCUT2D eigenvalue weighted by molar-refractivity contribution is 5.44. The van der Waals surface area contributed by atoms with Crippen LogP contribution in [0.2, 0.25) is 0 Å². The molecule has 0 aliphatic heterocycles. The van der Waals surface area contributed by atoms with Gasteiger partial charge in [0.25, 0.3) is 0 Å². The van der Waals surface area contributed by atoms with Gasteiger partial charge in [0.1, 0.15) is 5.65 Å². The van der Waals surface area contributed by atoms with Gasteiger partial charge in [-0.3, -0.25) is 4.40 Å². The van der Waals surface area contributed by atoms with E-state index in [0.717, 1.165) is 12.1 Å². The number of aromatic nitrogens is 3. The lowest BCUT2D eigenvalue weighted by Crippen LogP contribution is -2.26. The second-order valence-electron chi connectivity index (χ2n) is 3.75. The average Bonchev–Trinajstić information content (AvgIpc) is 2.27. The Morgan fingerprint density at radius 3 is 2.88 bits per heavy atom. The predicted octanol–water partition coefficient (Wildman–Crippen LogP) is 0.854. The lowest BCUT2D eigenvalue weighted by molar-refractivity contribution is 0.855. The number of rotatable bonds is 2. The fourth-order valence-electron chi connectivity index (χ4n) is 1.42. The molecule has 0 unspecified atom stereocenters. The first-order valence-corrected chi connectivity index (χ1v) is 5.20. The second-order valence-corrected chi connectivity index (χ2v) is 3.75. The fourth-order valence-corrected chi connectivity index (χ4v) is 1.42. The van der Waals surface area contributed by atoms with E-state index in [1.165, 1.54) is 4.40 Å². The molecular weight excluding hydrogens is 204 g/mol. The first-order valence-electron chi connectivity index (χ1n) is 5.20. The van der Waals surface area contributed by atoms with Crippen molar-refractivity contribution in [3.8, 4) is 0 Å². The van der Waals surface area contributed by atoms with Crippen LogP contribution in [0.4, 0.5) is 5.95 Å². The Labute approximate surface area is 93.4 Å². The Kier molecular flexibility index (Phi) is 2.60. The molecule has 0 amide bonds. The van der Waals surface area contributed by atoms with Gasteiger partial charge in [-0.2, -0.15) is 9.97 Å². The van der Waals surface area contributed by atoms with Crippen LogP contribution in [0, 0.1) is 6.92 Å². The summed E-state index contributed by atoms with van der Waals surface area (Å²) in [5.41, 5.74) is 1.42. The van der Waals surface area contributed by atoms with Crippen molar-refractivity contribution in [1.29, 1.82) is 0 Å². The Bertz CT molecular complexity index is 576. The molecule has 0 fully saturated rings. The molecule has 2 aromatic heterocycles. The minimum absolute atomic E-state index is 0.291. The summed E-state index contributed by atoms with van der Waals surface area (Å²) >= 11 is 0. The highest BCUT2D eigenvalue weighted by Crippen LogP contribution is 2.06. The van der Waals surface area contributed by atoms with Crippen LogP contribution in [0.3, 0.4) is 0 Å². The standard InChI is InChI=1S/C11H14N4O/c1-4-14(3)10-12-9-7-8(2)5-6-15(9)11(16)13-10/h5-7H,4H2,1-3H3. The molecular formula is C11H14N4O. The molecule has 0 aliphatic carbocycles. The van der Waals surface area contributed by atoms with Crippen molar-refractivity contribution in [2.45, 2.75) is 13.8 Å². The third-order valence-corrected chi connectivity index (χ3v) is 2.52. The summed E-state index contributed by atoms with van der Waals surface area (Å²) in [5, 5.41) is 0. The van der Waals surface area contributed by atoms with E-state index in [1.54, 1.807) is 6.20 Å². The molecule has 0 aromatic carbocycles. The maximum absolute atomic E-state index is 11.7. The van der Waals surface area contributed by atoms with Gasteiger partial charge in [-0.1, -0.05) is 0 Å². The van der Waals surface area contributed by atoms with Crippen molar-refractivity contribution in [2.24, 2.45) is 0 Å². The van der Waals surface area contributed by atoms with Gasteiger partial charge in [0, 0.05) is 19.8 Å². The van der Waals surface area contributed by atoms with E-state index < -0.39 is 0 Å². The minimum Gasteiger partial charge on any atom is -0.344 e. The molecule has 0 spiro atoms. The quantitative estimate of drug-likeness (QED) is 0.750. The van der Waals surface area contributed by atoms with Crippen LogP contribution in [0.1, 0.15) is 12.5 Å². The van der Waals surface area contributed by atoms with Crippen LogP contribution in [0.25, 0.3) is 5.65 Å². The number of hydrogen-bond donors (Lipinski definition) is 0. The fraction of sp³-hybridized carbons (Fsp3) is 0.364. The molecule has 0 saturated heterocycles. The Balaban J connectivity index is 2.70. The van der Waals surface area contributed by atoms with Crippen LogP contribution in [0.15, 0.2) is 23.1 Å². The number of anilines is 1. The maximum atomic E-state index is 11.7. The molecule has 2 heterocycles. The molecule has 0 atom stereocenters. The van der Waals surface area contributed by atoms with Crippen LogP contribution < -0.4 is 10.6 Å². The van der Waals surface area contributed by atoms with Crippen LogP contribution >= 0.6 is 0 Å². The summed E-state index contributed by atoms with van der Waals surface area (Å²) in [6.07, 6.45) is 1.70. The monoisotopic (exact) mass is 218 g/mol. The first kappa shape index (κ1) is 10.6. The van der Waals surface area contributed by atoms with Crippen molar-refractivity contribution in [1.82, 2.24) is 14.4 Å². The van der Waals surface area contributed by atoms with E-state index in [9.17, 15) is 4.79 Å². The minimum atomic E-state index is -0.291. The zero-order valence-electron chi connectivity index (χ0n) is 9.64. The Morgan fingerprint density at radius 2 is 2.19 bits per heavy atom. The number of aryl methyl sites for hydroxylation is 1. The summed E-state index contributed by atoms with van der Waals surface area (Å²) < 4.78 is 1.44. The lowest BCUT2D eigenvalue weighted by atomic mass is 10.3. The van der Waals surface area contributed by atoms with Gasteiger partial charge in [-0.05, 0) is 31.5 Å². The van der Waals surface area contributed by atoms with Gasteiger partial charge in [0.15, 0.2) is 0 Å². The van der Waals surface area contributed by atoms with E-state index in [4.69, 9.17) is 0 Å². The molecule has 0 N–H and O–H groups in total. The van der Waals surface area contributed by atoms with E-state index in [0.29, 0.717) is 11.6 Å². The summed E-state index contributed by atoms with van der Waals surface area (Å²) in [6.45, 7) is 4.72. The summed E-state index contributed by atoms with van der Waals surface area (Å²) in [7, 11) is 1.86. The largest absolute Gasteiger partial charge is 0.356 e. The van der Waals surface area contributed by atoms with Crippen molar-refractivity contribution in [2.75, 3.05) is 18.5 Å². The summed E-state index contributed by atoms with van der Waals surface area (Å²) in [4.78, 5) is 21.8. The summed E-state index contributed by atoms with van der Waals surface area (Å²) in [6, 6.07) is 3.73. The molecule has 16 heavy (non-hydrogen) atoms. The molecule has 5 heteroatoms. The van der Waals surface area contributed by atoms with E-state index in [1.807, 2.05) is 37.9 Å². The molecule has 0 saturated carbocycles.